The van der Waals surface area contributed by atoms with Crippen molar-refractivity contribution in [3.05, 3.63) is 70.8 Å². The van der Waals surface area contributed by atoms with Crippen LogP contribution in [-0.2, 0) is 14.9 Å². The maximum atomic E-state index is 13.6. The van der Waals surface area contributed by atoms with Gasteiger partial charge < -0.3 is 15.4 Å². The average Bonchev–Trinajstić information content (AvgIpc) is 2.73. The zero-order chi connectivity index (χ0) is 20.9. The molecule has 7 heteroatoms. The number of amides is 2. The smallest absolute Gasteiger partial charge is 0.251 e. The highest BCUT2D eigenvalue weighted by Gasteiger charge is 2.41. The first-order chi connectivity index (χ1) is 13.9. The number of benzene rings is 2. The van der Waals surface area contributed by atoms with E-state index in [0.29, 0.717) is 31.6 Å². The van der Waals surface area contributed by atoms with Crippen LogP contribution in [0.3, 0.4) is 0 Å². The van der Waals surface area contributed by atoms with E-state index >= 15 is 0 Å². The number of carbonyl (C=O) groups is 2. The van der Waals surface area contributed by atoms with E-state index < -0.39 is 17.1 Å². The van der Waals surface area contributed by atoms with Crippen LogP contribution < -0.4 is 10.6 Å². The van der Waals surface area contributed by atoms with Gasteiger partial charge in [0.1, 0.15) is 11.6 Å². The van der Waals surface area contributed by atoms with E-state index in [9.17, 15) is 18.4 Å². The van der Waals surface area contributed by atoms with Crippen LogP contribution in [0, 0.1) is 18.6 Å². The molecule has 0 unspecified atom stereocenters. The molecular weight excluding hydrogens is 378 g/mol. The lowest BCUT2D eigenvalue weighted by atomic mass is 9.73. The standard InChI is InChI=1S/C22H24F2N2O3/c1-15-2-3-16(14-19(15)24)20(27)25-10-11-26-21(28)22(8-12-29-13-9-22)17-4-6-18(23)7-5-17/h2-7,14H,8-13H2,1H3,(H,25,27)(H,26,28). The lowest BCUT2D eigenvalue weighted by Crippen LogP contribution is -2.49. The summed E-state index contributed by atoms with van der Waals surface area (Å²) in [6.45, 7) is 2.94. The van der Waals surface area contributed by atoms with Crippen LogP contribution >= 0.6 is 0 Å². The van der Waals surface area contributed by atoms with Gasteiger partial charge in [-0.3, -0.25) is 9.59 Å². The van der Waals surface area contributed by atoms with E-state index in [0.717, 1.165) is 5.56 Å². The largest absolute Gasteiger partial charge is 0.381 e. The number of ether oxygens (including phenoxy) is 1. The Morgan fingerprint density at radius 2 is 1.66 bits per heavy atom. The minimum absolute atomic E-state index is 0.178. The van der Waals surface area contributed by atoms with Gasteiger partial charge in [-0.25, -0.2) is 8.78 Å². The van der Waals surface area contributed by atoms with E-state index in [-0.39, 0.29) is 30.4 Å². The minimum atomic E-state index is -0.782. The zero-order valence-corrected chi connectivity index (χ0v) is 16.3. The van der Waals surface area contributed by atoms with Crippen molar-refractivity contribution in [2.45, 2.75) is 25.2 Å². The third-order valence-corrected chi connectivity index (χ3v) is 5.31. The normalized spacial score (nSPS) is 15.6. The summed E-state index contributed by atoms with van der Waals surface area (Å²) >= 11 is 0. The predicted molar refractivity (Wildman–Crippen MR) is 105 cm³/mol. The molecule has 29 heavy (non-hydrogen) atoms. The van der Waals surface area contributed by atoms with Crippen molar-refractivity contribution < 1.29 is 23.1 Å². The van der Waals surface area contributed by atoms with E-state index in [2.05, 4.69) is 10.6 Å². The van der Waals surface area contributed by atoms with Crippen LogP contribution in [0.1, 0.15) is 34.3 Å². The second kappa shape index (κ2) is 9.13. The van der Waals surface area contributed by atoms with Gasteiger partial charge in [-0.1, -0.05) is 18.2 Å². The van der Waals surface area contributed by atoms with Crippen LogP contribution in [0.4, 0.5) is 8.78 Å². The summed E-state index contributed by atoms with van der Waals surface area (Å²) in [5.74, 6) is -1.38. The average molecular weight is 402 g/mol. The Hall–Kier alpha value is -2.80. The first kappa shape index (κ1) is 20.9. The molecular formula is C22H24F2N2O3. The first-order valence-corrected chi connectivity index (χ1v) is 9.59. The SMILES string of the molecule is Cc1ccc(C(=O)NCCNC(=O)C2(c3ccc(F)cc3)CCOCC2)cc1F. The van der Waals surface area contributed by atoms with Crippen molar-refractivity contribution in [3.63, 3.8) is 0 Å². The molecule has 2 aromatic rings. The van der Waals surface area contributed by atoms with Gasteiger partial charge >= 0.3 is 0 Å². The first-order valence-electron chi connectivity index (χ1n) is 9.59. The van der Waals surface area contributed by atoms with E-state index in [1.54, 1.807) is 31.2 Å². The van der Waals surface area contributed by atoms with E-state index in [4.69, 9.17) is 4.74 Å². The van der Waals surface area contributed by atoms with Gasteiger partial charge in [0.05, 0.1) is 5.41 Å². The lowest BCUT2D eigenvalue weighted by Gasteiger charge is -2.36. The molecule has 2 N–H and O–H groups in total. The number of hydrogen-bond donors (Lipinski definition) is 2. The molecule has 1 aliphatic rings. The van der Waals surface area contributed by atoms with Crippen molar-refractivity contribution in [1.29, 1.82) is 0 Å². The van der Waals surface area contributed by atoms with E-state index in [1.165, 1.54) is 18.2 Å². The van der Waals surface area contributed by atoms with Crippen molar-refractivity contribution in [2.24, 2.45) is 0 Å². The Balaban J connectivity index is 1.58. The van der Waals surface area contributed by atoms with Gasteiger partial charge in [0, 0.05) is 31.9 Å². The maximum absolute atomic E-state index is 13.6. The number of hydrogen-bond acceptors (Lipinski definition) is 3. The maximum Gasteiger partial charge on any atom is 0.251 e. The number of rotatable bonds is 6. The summed E-state index contributed by atoms with van der Waals surface area (Å²) in [6, 6.07) is 10.2. The third kappa shape index (κ3) is 4.79. The molecule has 2 aromatic carbocycles. The Labute approximate surface area is 168 Å². The molecule has 3 rings (SSSR count). The monoisotopic (exact) mass is 402 g/mol. The highest BCUT2D eigenvalue weighted by molar-refractivity contribution is 5.94. The topological polar surface area (TPSA) is 67.4 Å². The van der Waals surface area contributed by atoms with Gasteiger partial charge in [0.2, 0.25) is 5.91 Å². The van der Waals surface area contributed by atoms with Crippen LogP contribution in [0.25, 0.3) is 0 Å². The molecule has 1 aliphatic heterocycles. The molecule has 154 valence electrons. The van der Waals surface area contributed by atoms with Crippen LogP contribution in [0.2, 0.25) is 0 Å². The lowest BCUT2D eigenvalue weighted by molar-refractivity contribution is -0.130. The molecule has 0 bridgehead atoms. The van der Waals surface area contributed by atoms with E-state index in [1.807, 2.05) is 0 Å². The fourth-order valence-corrected chi connectivity index (χ4v) is 3.49. The molecule has 0 atom stereocenters. The molecule has 1 fully saturated rings. The van der Waals surface area contributed by atoms with Crippen LogP contribution in [0.5, 0.6) is 0 Å². The van der Waals surface area contributed by atoms with Gasteiger partial charge in [-0.05, 0) is 55.2 Å². The summed E-state index contributed by atoms with van der Waals surface area (Å²) in [6.07, 6.45) is 0.999. The van der Waals surface area contributed by atoms with Crippen molar-refractivity contribution in [1.82, 2.24) is 10.6 Å². The van der Waals surface area contributed by atoms with Crippen molar-refractivity contribution in [3.8, 4) is 0 Å². The van der Waals surface area contributed by atoms with Gasteiger partial charge in [-0.15, -0.1) is 0 Å². The molecule has 0 spiro atoms. The fraction of sp³-hybridized carbons (Fsp3) is 0.364. The van der Waals surface area contributed by atoms with Gasteiger partial charge in [0.25, 0.3) is 5.91 Å². The summed E-state index contributed by atoms with van der Waals surface area (Å²) in [4.78, 5) is 25.1. The Kier molecular flexibility index (Phi) is 6.59. The highest BCUT2D eigenvalue weighted by atomic mass is 19.1. The molecule has 2 amide bonds. The summed E-state index contributed by atoms with van der Waals surface area (Å²) < 4.78 is 32.3. The molecule has 1 saturated heterocycles. The number of aryl methyl sites for hydroxylation is 1. The highest BCUT2D eigenvalue weighted by Crippen LogP contribution is 2.35. The van der Waals surface area contributed by atoms with Crippen LogP contribution in [0.15, 0.2) is 42.5 Å². The Bertz CT molecular complexity index is 878. The van der Waals surface area contributed by atoms with Crippen LogP contribution in [-0.4, -0.2) is 38.1 Å². The zero-order valence-electron chi connectivity index (χ0n) is 16.3. The Morgan fingerprint density at radius 1 is 1.00 bits per heavy atom. The quantitative estimate of drug-likeness (QED) is 0.731. The summed E-state index contributed by atoms with van der Waals surface area (Å²) in [5.41, 5.74) is 0.664. The third-order valence-electron chi connectivity index (χ3n) is 5.31. The predicted octanol–water partition coefficient (Wildman–Crippen LogP) is 2.87. The number of halogens is 2. The summed E-state index contributed by atoms with van der Waals surface area (Å²) in [7, 11) is 0. The van der Waals surface area contributed by atoms with Crippen molar-refractivity contribution in [2.75, 3.05) is 26.3 Å². The van der Waals surface area contributed by atoms with Gasteiger partial charge in [-0.2, -0.15) is 0 Å². The molecule has 1 heterocycles. The number of carbonyl (C=O) groups excluding carboxylic acids is 2. The van der Waals surface area contributed by atoms with Gasteiger partial charge in [0.15, 0.2) is 0 Å². The molecule has 0 aliphatic carbocycles. The molecule has 0 aromatic heterocycles. The minimum Gasteiger partial charge on any atom is -0.381 e. The molecule has 0 radical (unpaired) electrons. The van der Waals surface area contributed by atoms with Crippen molar-refractivity contribution >= 4 is 11.8 Å². The summed E-state index contributed by atoms with van der Waals surface area (Å²) in [5, 5.41) is 5.53. The molecule has 0 saturated carbocycles. The second-order valence-corrected chi connectivity index (χ2v) is 7.18. The second-order valence-electron chi connectivity index (χ2n) is 7.18. The molecule has 5 nitrogen and oxygen atoms in total. The Morgan fingerprint density at radius 3 is 2.31 bits per heavy atom. The fourth-order valence-electron chi connectivity index (χ4n) is 3.49. The number of nitrogens with one attached hydrogen (secondary N) is 2.